The molecule has 19 heavy (non-hydrogen) atoms. The average molecular weight is 296 g/mol. The third-order valence-corrected chi connectivity index (χ3v) is 3.35. The molecule has 0 fully saturated rings. The Morgan fingerprint density at radius 3 is 2.63 bits per heavy atom. The SMILES string of the molecule is CC(C)c1cccc(OCc2ccc(Cl)nc2Cl)c1. The van der Waals surface area contributed by atoms with Crippen LogP contribution in [0.4, 0.5) is 0 Å². The normalized spacial score (nSPS) is 10.8. The number of hydrogen-bond acceptors (Lipinski definition) is 2. The Morgan fingerprint density at radius 2 is 1.95 bits per heavy atom. The van der Waals surface area contributed by atoms with Crippen LogP contribution in [0.15, 0.2) is 36.4 Å². The molecule has 0 spiro atoms. The molecule has 0 N–H and O–H groups in total. The van der Waals surface area contributed by atoms with Gasteiger partial charge in [-0.3, -0.25) is 0 Å². The standard InChI is InChI=1S/C15H15Cl2NO/c1-10(2)11-4-3-5-13(8-11)19-9-12-6-7-14(16)18-15(12)17/h3-8,10H,9H2,1-2H3. The molecule has 0 aliphatic heterocycles. The molecule has 0 bridgehead atoms. The van der Waals surface area contributed by atoms with E-state index in [1.54, 1.807) is 6.07 Å². The van der Waals surface area contributed by atoms with E-state index in [0.717, 1.165) is 11.3 Å². The van der Waals surface area contributed by atoms with Crippen molar-refractivity contribution < 1.29 is 4.74 Å². The Morgan fingerprint density at radius 1 is 1.16 bits per heavy atom. The highest BCUT2D eigenvalue weighted by Crippen LogP contribution is 2.22. The average Bonchev–Trinajstić information content (AvgIpc) is 2.38. The highest BCUT2D eigenvalue weighted by atomic mass is 35.5. The maximum Gasteiger partial charge on any atom is 0.137 e. The summed E-state index contributed by atoms with van der Waals surface area (Å²) < 4.78 is 5.74. The van der Waals surface area contributed by atoms with Crippen molar-refractivity contribution in [3.63, 3.8) is 0 Å². The van der Waals surface area contributed by atoms with E-state index in [1.807, 2.05) is 24.3 Å². The van der Waals surface area contributed by atoms with Crippen molar-refractivity contribution >= 4 is 23.2 Å². The predicted molar refractivity (Wildman–Crippen MR) is 79.1 cm³/mol. The zero-order chi connectivity index (χ0) is 13.8. The monoisotopic (exact) mass is 295 g/mol. The van der Waals surface area contributed by atoms with Gasteiger partial charge in [-0.1, -0.05) is 49.2 Å². The van der Waals surface area contributed by atoms with Gasteiger partial charge in [0, 0.05) is 5.56 Å². The molecule has 0 amide bonds. The molecular weight excluding hydrogens is 281 g/mol. The van der Waals surface area contributed by atoms with Gasteiger partial charge in [-0.05, 0) is 35.7 Å². The number of nitrogens with zero attached hydrogens (tertiary/aromatic N) is 1. The Kier molecular flexibility index (Phi) is 4.67. The van der Waals surface area contributed by atoms with Crippen LogP contribution >= 0.6 is 23.2 Å². The van der Waals surface area contributed by atoms with E-state index < -0.39 is 0 Å². The fraction of sp³-hybridized carbons (Fsp3) is 0.267. The van der Waals surface area contributed by atoms with Gasteiger partial charge in [0.05, 0.1) is 0 Å². The van der Waals surface area contributed by atoms with E-state index >= 15 is 0 Å². The topological polar surface area (TPSA) is 22.1 Å². The lowest BCUT2D eigenvalue weighted by Gasteiger charge is -2.10. The molecule has 0 radical (unpaired) electrons. The van der Waals surface area contributed by atoms with Crippen molar-refractivity contribution in [1.82, 2.24) is 4.98 Å². The Bertz CT molecular complexity index is 570. The second kappa shape index (κ2) is 6.27. The van der Waals surface area contributed by atoms with Crippen molar-refractivity contribution in [2.45, 2.75) is 26.4 Å². The molecular formula is C15H15Cl2NO. The van der Waals surface area contributed by atoms with Gasteiger partial charge >= 0.3 is 0 Å². The third kappa shape index (κ3) is 3.85. The molecule has 0 aliphatic carbocycles. The van der Waals surface area contributed by atoms with Crippen molar-refractivity contribution in [3.05, 3.63) is 57.8 Å². The summed E-state index contributed by atoms with van der Waals surface area (Å²) in [5.41, 5.74) is 2.07. The molecule has 0 aliphatic rings. The van der Waals surface area contributed by atoms with Crippen LogP contribution in [0.25, 0.3) is 0 Å². The quantitative estimate of drug-likeness (QED) is 0.733. The Balaban J connectivity index is 2.08. The van der Waals surface area contributed by atoms with Crippen molar-refractivity contribution in [2.75, 3.05) is 0 Å². The highest BCUT2D eigenvalue weighted by Gasteiger charge is 2.05. The Labute approximate surface area is 123 Å². The smallest absolute Gasteiger partial charge is 0.137 e. The second-order valence-electron chi connectivity index (χ2n) is 4.60. The number of pyridine rings is 1. The maximum absolute atomic E-state index is 6.00. The van der Waals surface area contributed by atoms with Gasteiger partial charge in [-0.2, -0.15) is 0 Å². The van der Waals surface area contributed by atoms with Gasteiger partial charge in [0.2, 0.25) is 0 Å². The molecule has 0 saturated carbocycles. The fourth-order valence-corrected chi connectivity index (χ4v) is 2.07. The van der Waals surface area contributed by atoms with Crippen LogP contribution in [0.1, 0.15) is 30.9 Å². The zero-order valence-electron chi connectivity index (χ0n) is 10.9. The maximum atomic E-state index is 6.00. The number of rotatable bonds is 4. The summed E-state index contributed by atoms with van der Waals surface area (Å²) in [6.45, 7) is 4.68. The lowest BCUT2D eigenvalue weighted by molar-refractivity contribution is 0.305. The number of halogens is 2. The van der Waals surface area contributed by atoms with E-state index in [0.29, 0.717) is 22.8 Å². The minimum atomic E-state index is 0.380. The summed E-state index contributed by atoms with van der Waals surface area (Å²) in [5, 5.41) is 0.767. The van der Waals surface area contributed by atoms with Crippen LogP contribution in [0.3, 0.4) is 0 Å². The number of ether oxygens (including phenoxy) is 1. The summed E-state index contributed by atoms with van der Waals surface area (Å²) in [7, 11) is 0. The molecule has 2 rings (SSSR count). The van der Waals surface area contributed by atoms with Gasteiger partial charge in [0.25, 0.3) is 0 Å². The summed E-state index contributed by atoms with van der Waals surface area (Å²) in [5.74, 6) is 1.31. The first-order chi connectivity index (χ1) is 9.06. The van der Waals surface area contributed by atoms with Crippen molar-refractivity contribution in [2.24, 2.45) is 0 Å². The van der Waals surface area contributed by atoms with Gasteiger partial charge < -0.3 is 4.74 Å². The number of aromatic nitrogens is 1. The molecule has 100 valence electrons. The molecule has 0 saturated heterocycles. The van der Waals surface area contributed by atoms with Crippen LogP contribution < -0.4 is 4.74 Å². The molecule has 1 aromatic heterocycles. The molecule has 2 nitrogen and oxygen atoms in total. The molecule has 2 aromatic rings. The van der Waals surface area contributed by atoms with E-state index in [-0.39, 0.29) is 0 Å². The number of hydrogen-bond donors (Lipinski definition) is 0. The fourth-order valence-electron chi connectivity index (χ4n) is 1.67. The summed E-state index contributed by atoms with van der Waals surface area (Å²) in [6.07, 6.45) is 0. The largest absolute Gasteiger partial charge is 0.489 e. The van der Waals surface area contributed by atoms with Crippen LogP contribution in [0.5, 0.6) is 5.75 Å². The van der Waals surface area contributed by atoms with E-state index in [1.165, 1.54) is 5.56 Å². The van der Waals surface area contributed by atoms with Gasteiger partial charge in [-0.25, -0.2) is 4.98 Å². The number of benzene rings is 1. The van der Waals surface area contributed by atoms with E-state index in [2.05, 4.69) is 24.9 Å². The third-order valence-electron chi connectivity index (χ3n) is 2.81. The first-order valence-electron chi connectivity index (χ1n) is 6.10. The Hall–Kier alpha value is -1.25. The van der Waals surface area contributed by atoms with Gasteiger partial charge in [0.1, 0.15) is 22.7 Å². The minimum Gasteiger partial charge on any atom is -0.489 e. The first-order valence-corrected chi connectivity index (χ1v) is 6.85. The summed E-state index contributed by atoms with van der Waals surface area (Å²) in [4.78, 5) is 3.98. The zero-order valence-corrected chi connectivity index (χ0v) is 12.4. The molecule has 4 heteroatoms. The summed E-state index contributed by atoms with van der Waals surface area (Å²) in [6, 6.07) is 11.6. The first kappa shape index (κ1) is 14.2. The summed E-state index contributed by atoms with van der Waals surface area (Å²) >= 11 is 11.8. The van der Waals surface area contributed by atoms with Crippen molar-refractivity contribution in [3.8, 4) is 5.75 Å². The lowest BCUT2D eigenvalue weighted by Crippen LogP contribution is -1.98. The van der Waals surface area contributed by atoms with E-state index in [4.69, 9.17) is 27.9 Å². The predicted octanol–water partition coefficient (Wildman–Crippen LogP) is 5.09. The lowest BCUT2D eigenvalue weighted by atomic mass is 10.0. The van der Waals surface area contributed by atoms with Crippen LogP contribution in [-0.4, -0.2) is 4.98 Å². The van der Waals surface area contributed by atoms with Gasteiger partial charge in [-0.15, -0.1) is 0 Å². The van der Waals surface area contributed by atoms with Crippen LogP contribution in [-0.2, 0) is 6.61 Å². The van der Waals surface area contributed by atoms with E-state index in [9.17, 15) is 0 Å². The minimum absolute atomic E-state index is 0.380. The van der Waals surface area contributed by atoms with Gasteiger partial charge in [0.15, 0.2) is 0 Å². The molecule has 1 aromatic carbocycles. The van der Waals surface area contributed by atoms with Crippen LogP contribution in [0.2, 0.25) is 10.3 Å². The molecule has 0 unspecified atom stereocenters. The second-order valence-corrected chi connectivity index (χ2v) is 5.35. The highest BCUT2D eigenvalue weighted by molar-refractivity contribution is 6.32. The van der Waals surface area contributed by atoms with Crippen molar-refractivity contribution in [1.29, 1.82) is 0 Å². The molecule has 1 heterocycles. The van der Waals surface area contributed by atoms with Crippen LogP contribution in [0, 0.1) is 0 Å². The molecule has 0 atom stereocenters.